The predicted octanol–water partition coefficient (Wildman–Crippen LogP) is -1.39. The molecule has 7 heteroatoms. The Balaban J connectivity index is 2.74. The maximum Gasteiger partial charge on any atom is 0.237 e. The molecule has 0 bridgehead atoms. The van der Waals surface area contributed by atoms with E-state index >= 15 is 0 Å². The molecule has 0 aromatic carbocycles. The molecule has 0 N–H and O–H groups in total. The van der Waals surface area contributed by atoms with Crippen LogP contribution in [0.25, 0.3) is 0 Å². The van der Waals surface area contributed by atoms with E-state index < -0.39 is 15.8 Å². The SMILES string of the molecule is CN1CCN(S(=O)(=O)CC#N)CC1=O. The fourth-order valence-electron chi connectivity index (χ4n) is 1.15. The minimum atomic E-state index is -3.57. The molecule has 1 fully saturated rings. The second-order valence-corrected chi connectivity index (χ2v) is 5.03. The zero-order valence-electron chi connectivity index (χ0n) is 7.80. The van der Waals surface area contributed by atoms with Crippen LogP contribution in [0.15, 0.2) is 0 Å². The number of carbonyl (C=O) groups excluding carboxylic acids is 1. The quantitative estimate of drug-likeness (QED) is 0.570. The number of likely N-dealkylation sites (N-methyl/N-ethyl adjacent to an activating group) is 1. The lowest BCUT2D eigenvalue weighted by atomic mass is 10.4. The number of carbonyl (C=O) groups is 1. The lowest BCUT2D eigenvalue weighted by molar-refractivity contribution is -0.132. The molecule has 0 aromatic heterocycles. The summed E-state index contributed by atoms with van der Waals surface area (Å²) in [6.07, 6.45) is 0. The largest absolute Gasteiger partial charge is 0.343 e. The molecule has 1 aliphatic rings. The Labute approximate surface area is 82.8 Å². The highest BCUT2D eigenvalue weighted by Gasteiger charge is 2.29. The topological polar surface area (TPSA) is 81.5 Å². The van der Waals surface area contributed by atoms with Crippen molar-refractivity contribution < 1.29 is 13.2 Å². The van der Waals surface area contributed by atoms with Crippen LogP contribution in [0.5, 0.6) is 0 Å². The van der Waals surface area contributed by atoms with E-state index in [0.29, 0.717) is 6.54 Å². The van der Waals surface area contributed by atoms with Gasteiger partial charge in [-0.05, 0) is 0 Å². The molecule has 78 valence electrons. The predicted molar refractivity (Wildman–Crippen MR) is 48.6 cm³/mol. The van der Waals surface area contributed by atoms with Gasteiger partial charge in [-0.25, -0.2) is 8.42 Å². The third kappa shape index (κ3) is 2.21. The third-order valence-electron chi connectivity index (χ3n) is 2.06. The molecular formula is C7H11N3O3S. The summed E-state index contributed by atoms with van der Waals surface area (Å²) < 4.78 is 23.8. The molecule has 0 aliphatic carbocycles. The molecule has 14 heavy (non-hydrogen) atoms. The Kier molecular flexibility index (Phi) is 3.08. The van der Waals surface area contributed by atoms with Gasteiger partial charge in [0.2, 0.25) is 15.9 Å². The van der Waals surface area contributed by atoms with Gasteiger partial charge in [-0.1, -0.05) is 0 Å². The number of hydrogen-bond donors (Lipinski definition) is 0. The Morgan fingerprint density at radius 3 is 2.64 bits per heavy atom. The van der Waals surface area contributed by atoms with Gasteiger partial charge in [0.1, 0.15) is 0 Å². The van der Waals surface area contributed by atoms with E-state index in [9.17, 15) is 13.2 Å². The first-order chi connectivity index (χ1) is 6.47. The van der Waals surface area contributed by atoms with Gasteiger partial charge in [0.05, 0.1) is 12.6 Å². The molecule has 0 radical (unpaired) electrons. The van der Waals surface area contributed by atoms with E-state index in [0.717, 1.165) is 4.31 Å². The van der Waals surface area contributed by atoms with Crippen molar-refractivity contribution in [3.8, 4) is 6.07 Å². The fourth-order valence-corrected chi connectivity index (χ4v) is 2.16. The van der Waals surface area contributed by atoms with E-state index in [2.05, 4.69) is 0 Å². The molecule has 1 rings (SSSR count). The fraction of sp³-hybridized carbons (Fsp3) is 0.714. The molecular weight excluding hydrogens is 206 g/mol. The normalized spacial score (nSPS) is 19.4. The van der Waals surface area contributed by atoms with Crippen LogP contribution in [0.4, 0.5) is 0 Å². The first-order valence-corrected chi connectivity index (χ1v) is 5.67. The number of amides is 1. The average Bonchev–Trinajstić information content (AvgIpc) is 2.09. The summed E-state index contributed by atoms with van der Waals surface area (Å²) >= 11 is 0. The smallest absolute Gasteiger partial charge is 0.237 e. The van der Waals surface area contributed by atoms with Gasteiger partial charge in [0.15, 0.2) is 5.75 Å². The molecule has 1 heterocycles. The van der Waals surface area contributed by atoms with E-state index in [1.165, 1.54) is 4.90 Å². The number of sulfonamides is 1. The maximum absolute atomic E-state index is 11.4. The second kappa shape index (κ2) is 3.94. The van der Waals surface area contributed by atoms with Crippen molar-refractivity contribution in [2.24, 2.45) is 0 Å². The van der Waals surface area contributed by atoms with Crippen molar-refractivity contribution in [1.82, 2.24) is 9.21 Å². The standard InChI is InChI=1S/C7H11N3O3S/c1-9-3-4-10(6-7(9)11)14(12,13)5-2-8/h3-6H2,1H3. The van der Waals surface area contributed by atoms with E-state index in [4.69, 9.17) is 5.26 Å². The van der Waals surface area contributed by atoms with Gasteiger partial charge >= 0.3 is 0 Å². The molecule has 1 saturated heterocycles. The first kappa shape index (κ1) is 10.9. The van der Waals surface area contributed by atoms with E-state index in [1.54, 1.807) is 13.1 Å². The summed E-state index contributed by atoms with van der Waals surface area (Å²) in [6, 6.07) is 1.58. The minimum Gasteiger partial charge on any atom is -0.343 e. The van der Waals surface area contributed by atoms with Gasteiger partial charge < -0.3 is 4.90 Å². The molecule has 0 aromatic rings. The summed E-state index contributed by atoms with van der Waals surface area (Å²) in [5, 5.41) is 8.30. The van der Waals surface area contributed by atoms with Crippen LogP contribution in [0.3, 0.4) is 0 Å². The third-order valence-corrected chi connectivity index (χ3v) is 3.65. The van der Waals surface area contributed by atoms with Crippen LogP contribution in [0.1, 0.15) is 0 Å². The Morgan fingerprint density at radius 2 is 2.14 bits per heavy atom. The van der Waals surface area contributed by atoms with Gasteiger partial charge in [0, 0.05) is 20.1 Å². The lowest BCUT2D eigenvalue weighted by Gasteiger charge is -2.30. The summed E-state index contributed by atoms with van der Waals surface area (Å²) in [7, 11) is -1.94. The summed E-state index contributed by atoms with van der Waals surface area (Å²) in [5.74, 6) is -0.804. The van der Waals surface area contributed by atoms with Gasteiger partial charge in [0.25, 0.3) is 0 Å². The molecule has 1 amide bonds. The van der Waals surface area contributed by atoms with Crippen molar-refractivity contribution in [2.45, 2.75) is 0 Å². The van der Waals surface area contributed by atoms with Crippen LogP contribution < -0.4 is 0 Å². The Hall–Kier alpha value is -1.13. The van der Waals surface area contributed by atoms with Crippen molar-refractivity contribution in [3.63, 3.8) is 0 Å². The number of nitrogens with zero attached hydrogens (tertiary/aromatic N) is 3. The molecule has 0 unspecified atom stereocenters. The highest BCUT2D eigenvalue weighted by Crippen LogP contribution is 2.07. The Bertz CT molecular complexity index is 370. The van der Waals surface area contributed by atoms with Crippen molar-refractivity contribution >= 4 is 15.9 Å². The number of piperazine rings is 1. The Morgan fingerprint density at radius 1 is 1.50 bits per heavy atom. The summed E-state index contributed by atoms with van der Waals surface area (Å²) in [6.45, 7) is 0.496. The van der Waals surface area contributed by atoms with Gasteiger partial charge in [-0.15, -0.1) is 0 Å². The zero-order chi connectivity index (χ0) is 10.8. The summed E-state index contributed by atoms with van der Waals surface area (Å²) in [5.41, 5.74) is 0. The molecule has 1 aliphatic heterocycles. The van der Waals surface area contributed by atoms with Crippen molar-refractivity contribution in [3.05, 3.63) is 0 Å². The van der Waals surface area contributed by atoms with Crippen LogP contribution in [0, 0.1) is 11.3 Å². The zero-order valence-corrected chi connectivity index (χ0v) is 8.62. The monoisotopic (exact) mass is 217 g/mol. The van der Waals surface area contributed by atoms with Crippen LogP contribution in [-0.2, 0) is 14.8 Å². The van der Waals surface area contributed by atoms with E-state index in [-0.39, 0.29) is 19.0 Å². The number of rotatable bonds is 2. The van der Waals surface area contributed by atoms with Gasteiger partial charge in [-0.2, -0.15) is 9.57 Å². The van der Waals surface area contributed by atoms with Crippen LogP contribution in [-0.4, -0.2) is 56.0 Å². The van der Waals surface area contributed by atoms with Crippen LogP contribution >= 0.6 is 0 Å². The average molecular weight is 217 g/mol. The molecule has 0 saturated carbocycles. The maximum atomic E-state index is 11.4. The highest BCUT2D eigenvalue weighted by atomic mass is 32.2. The highest BCUT2D eigenvalue weighted by molar-refractivity contribution is 7.89. The van der Waals surface area contributed by atoms with Crippen LogP contribution in [0.2, 0.25) is 0 Å². The van der Waals surface area contributed by atoms with Crippen molar-refractivity contribution in [2.75, 3.05) is 32.4 Å². The first-order valence-electron chi connectivity index (χ1n) is 4.06. The summed E-state index contributed by atoms with van der Waals surface area (Å²) in [4.78, 5) is 12.7. The molecule has 0 spiro atoms. The number of nitriles is 1. The van der Waals surface area contributed by atoms with Crippen molar-refractivity contribution in [1.29, 1.82) is 5.26 Å². The molecule has 6 nitrogen and oxygen atoms in total. The minimum absolute atomic E-state index is 0.152. The lowest BCUT2D eigenvalue weighted by Crippen LogP contribution is -2.51. The van der Waals surface area contributed by atoms with Gasteiger partial charge in [-0.3, -0.25) is 4.79 Å². The van der Waals surface area contributed by atoms with E-state index in [1.807, 2.05) is 0 Å². The second-order valence-electron chi connectivity index (χ2n) is 3.06. The molecule has 0 atom stereocenters. The number of hydrogen-bond acceptors (Lipinski definition) is 4.